The van der Waals surface area contributed by atoms with Crippen LogP contribution in [0.2, 0.25) is 0 Å². The number of halogens is 1. The first-order valence-electron chi connectivity index (χ1n) is 8.05. The van der Waals surface area contributed by atoms with Crippen molar-refractivity contribution < 1.29 is 17.6 Å². The molecule has 0 spiro atoms. The number of carbonyl (C=O) groups excluding carboxylic acids is 1. The second-order valence-corrected chi connectivity index (χ2v) is 7.43. The molecule has 0 saturated carbocycles. The number of sulfonamides is 1. The monoisotopic (exact) mass is 386 g/mol. The van der Waals surface area contributed by atoms with Crippen LogP contribution in [0.5, 0.6) is 0 Å². The molecule has 1 N–H and O–H groups in total. The van der Waals surface area contributed by atoms with E-state index in [0.717, 1.165) is 0 Å². The maximum atomic E-state index is 13.1. The van der Waals surface area contributed by atoms with Crippen LogP contribution in [0, 0.1) is 18.2 Å². The Labute approximate surface area is 158 Å². The lowest BCUT2D eigenvalue weighted by Crippen LogP contribution is -2.31. The lowest BCUT2D eigenvalue weighted by atomic mass is 10.1. The van der Waals surface area contributed by atoms with E-state index in [4.69, 9.17) is 6.42 Å². The second-order valence-electron chi connectivity index (χ2n) is 5.66. The zero-order valence-electron chi connectivity index (χ0n) is 14.6. The molecule has 0 unspecified atom stereocenters. The van der Waals surface area contributed by atoms with Gasteiger partial charge in [-0.15, -0.1) is 13.0 Å². The number of nitrogens with one attached hydrogen (secondary N) is 1. The van der Waals surface area contributed by atoms with Gasteiger partial charge in [0.2, 0.25) is 10.0 Å². The average Bonchev–Trinajstić information content (AvgIpc) is 2.67. The molecule has 0 saturated heterocycles. The van der Waals surface area contributed by atoms with Gasteiger partial charge >= 0.3 is 0 Å². The molecule has 0 heterocycles. The number of hydrogen-bond acceptors (Lipinski definition) is 3. The summed E-state index contributed by atoms with van der Waals surface area (Å²) in [5.41, 5.74) is 0.894. The molecule has 0 atom stereocenters. The fourth-order valence-electron chi connectivity index (χ4n) is 2.35. The van der Waals surface area contributed by atoms with Crippen LogP contribution >= 0.6 is 0 Å². The summed E-state index contributed by atoms with van der Waals surface area (Å²) >= 11 is 0. The summed E-state index contributed by atoms with van der Waals surface area (Å²) < 4.78 is 39.9. The van der Waals surface area contributed by atoms with Crippen LogP contribution in [0.4, 0.5) is 4.39 Å². The third-order valence-electron chi connectivity index (χ3n) is 3.67. The van der Waals surface area contributed by atoms with Crippen LogP contribution in [0.1, 0.15) is 15.9 Å². The zero-order valence-corrected chi connectivity index (χ0v) is 15.4. The highest BCUT2D eigenvalue weighted by Gasteiger charge is 2.19. The maximum absolute atomic E-state index is 13.1. The Balaban J connectivity index is 2.27. The fourth-order valence-corrected chi connectivity index (χ4v) is 3.39. The van der Waals surface area contributed by atoms with Gasteiger partial charge in [0, 0.05) is 18.7 Å². The van der Waals surface area contributed by atoms with Crippen molar-refractivity contribution in [2.75, 3.05) is 13.1 Å². The van der Waals surface area contributed by atoms with E-state index >= 15 is 0 Å². The van der Waals surface area contributed by atoms with Crippen LogP contribution in [0.15, 0.2) is 66.1 Å². The van der Waals surface area contributed by atoms with Gasteiger partial charge in [-0.1, -0.05) is 30.2 Å². The number of rotatable bonds is 8. The van der Waals surface area contributed by atoms with Crippen molar-refractivity contribution in [3.63, 3.8) is 0 Å². The smallest absolute Gasteiger partial charge is 0.254 e. The minimum Gasteiger partial charge on any atom is -0.323 e. The fraction of sp³-hybridized carbons (Fsp3) is 0.150. The standard InChI is InChI=1S/C20H19FN2O3S/c1-3-12-22-27(25,26)19-7-5-6-17(14-19)20(24)23(13-4-2)15-16-8-10-18(21)11-9-16/h2-3,5-11,14,22H,1,12-13,15H2. The van der Waals surface area contributed by atoms with Crippen LogP contribution in [-0.2, 0) is 16.6 Å². The van der Waals surface area contributed by atoms with Crippen molar-refractivity contribution in [1.29, 1.82) is 0 Å². The van der Waals surface area contributed by atoms with E-state index in [2.05, 4.69) is 17.2 Å². The Morgan fingerprint density at radius 3 is 2.59 bits per heavy atom. The van der Waals surface area contributed by atoms with Crippen LogP contribution in [-0.4, -0.2) is 32.3 Å². The number of carbonyl (C=O) groups is 1. The number of terminal acetylenes is 1. The van der Waals surface area contributed by atoms with Crippen molar-refractivity contribution in [2.45, 2.75) is 11.4 Å². The summed E-state index contributed by atoms with van der Waals surface area (Å²) in [4.78, 5) is 14.2. The highest BCUT2D eigenvalue weighted by atomic mass is 32.2. The van der Waals surface area contributed by atoms with Gasteiger partial charge in [-0.25, -0.2) is 17.5 Å². The predicted octanol–water partition coefficient (Wildman–Crippen LogP) is 2.57. The van der Waals surface area contributed by atoms with Crippen molar-refractivity contribution in [3.8, 4) is 12.3 Å². The molecule has 0 aromatic heterocycles. The van der Waals surface area contributed by atoms with Gasteiger partial charge in [-0.3, -0.25) is 4.79 Å². The van der Waals surface area contributed by atoms with Gasteiger partial charge in [-0.2, -0.15) is 0 Å². The molecule has 0 aliphatic carbocycles. The third-order valence-corrected chi connectivity index (χ3v) is 5.09. The van der Waals surface area contributed by atoms with Crippen molar-refractivity contribution in [1.82, 2.24) is 9.62 Å². The van der Waals surface area contributed by atoms with Gasteiger partial charge in [0.05, 0.1) is 11.4 Å². The molecule has 0 radical (unpaired) electrons. The summed E-state index contributed by atoms with van der Waals surface area (Å²) in [6.45, 7) is 3.75. The Morgan fingerprint density at radius 1 is 1.26 bits per heavy atom. The number of hydrogen-bond donors (Lipinski definition) is 1. The quantitative estimate of drug-likeness (QED) is 0.560. The van der Waals surface area contributed by atoms with Crippen LogP contribution in [0.3, 0.4) is 0 Å². The Morgan fingerprint density at radius 2 is 1.96 bits per heavy atom. The lowest BCUT2D eigenvalue weighted by Gasteiger charge is -2.21. The molecule has 0 fully saturated rings. The number of amides is 1. The van der Waals surface area contributed by atoms with E-state index < -0.39 is 15.9 Å². The first-order chi connectivity index (χ1) is 12.9. The molecule has 0 aliphatic heterocycles. The topological polar surface area (TPSA) is 66.5 Å². The van der Waals surface area contributed by atoms with E-state index in [1.165, 1.54) is 47.4 Å². The Hall–Kier alpha value is -2.95. The van der Waals surface area contributed by atoms with Crippen molar-refractivity contribution in [3.05, 3.63) is 78.1 Å². The van der Waals surface area contributed by atoms with Crippen molar-refractivity contribution in [2.24, 2.45) is 0 Å². The second kappa shape index (κ2) is 9.12. The zero-order chi connectivity index (χ0) is 19.9. The largest absolute Gasteiger partial charge is 0.323 e. The number of nitrogens with zero attached hydrogens (tertiary/aromatic N) is 1. The van der Waals surface area contributed by atoms with Gasteiger partial charge in [0.25, 0.3) is 5.91 Å². The summed E-state index contributed by atoms with van der Waals surface area (Å²) in [5, 5.41) is 0. The first-order valence-corrected chi connectivity index (χ1v) is 9.53. The minimum atomic E-state index is -3.75. The molecule has 2 aromatic carbocycles. The highest BCUT2D eigenvalue weighted by Crippen LogP contribution is 2.15. The summed E-state index contributed by atoms with van der Waals surface area (Å²) in [7, 11) is -3.75. The van der Waals surface area contributed by atoms with E-state index in [1.807, 2.05) is 0 Å². The summed E-state index contributed by atoms with van der Waals surface area (Å²) in [5.74, 6) is 1.62. The third kappa shape index (κ3) is 5.51. The average molecular weight is 386 g/mol. The van der Waals surface area contributed by atoms with Crippen LogP contribution < -0.4 is 4.72 Å². The molecule has 0 bridgehead atoms. The number of benzene rings is 2. The molecule has 2 rings (SSSR count). The summed E-state index contributed by atoms with van der Waals surface area (Å²) in [6.07, 6.45) is 6.78. The summed E-state index contributed by atoms with van der Waals surface area (Å²) in [6, 6.07) is 11.4. The molecule has 2 aromatic rings. The molecule has 27 heavy (non-hydrogen) atoms. The molecular formula is C20H19FN2O3S. The molecule has 140 valence electrons. The van der Waals surface area contributed by atoms with Crippen molar-refractivity contribution >= 4 is 15.9 Å². The molecule has 7 heteroatoms. The predicted molar refractivity (Wildman–Crippen MR) is 102 cm³/mol. The normalized spacial score (nSPS) is 10.8. The van der Waals surface area contributed by atoms with Gasteiger partial charge < -0.3 is 4.90 Å². The maximum Gasteiger partial charge on any atom is 0.254 e. The molecular weight excluding hydrogens is 367 g/mol. The minimum absolute atomic E-state index is 0.0297. The molecule has 5 nitrogen and oxygen atoms in total. The molecule has 0 aliphatic rings. The Kier molecular flexibility index (Phi) is 6.88. The van der Waals surface area contributed by atoms with E-state index in [1.54, 1.807) is 12.1 Å². The van der Waals surface area contributed by atoms with E-state index in [-0.39, 0.29) is 35.9 Å². The van der Waals surface area contributed by atoms with Gasteiger partial charge in [0.1, 0.15) is 5.82 Å². The van der Waals surface area contributed by atoms with Gasteiger partial charge in [0.15, 0.2) is 0 Å². The van der Waals surface area contributed by atoms with Crippen LogP contribution in [0.25, 0.3) is 0 Å². The first kappa shape index (κ1) is 20.4. The SMILES string of the molecule is C#CCN(Cc1ccc(F)cc1)C(=O)c1cccc(S(=O)(=O)NCC=C)c1. The molecule has 1 amide bonds. The van der Waals surface area contributed by atoms with E-state index in [9.17, 15) is 17.6 Å². The highest BCUT2D eigenvalue weighted by molar-refractivity contribution is 7.89. The van der Waals surface area contributed by atoms with Gasteiger partial charge in [-0.05, 0) is 35.9 Å². The Bertz CT molecular complexity index is 963. The van der Waals surface area contributed by atoms with E-state index in [0.29, 0.717) is 5.56 Å². The lowest BCUT2D eigenvalue weighted by molar-refractivity contribution is 0.0765.